The molecule has 0 radical (unpaired) electrons. The van der Waals surface area contributed by atoms with Crippen molar-refractivity contribution in [2.45, 2.75) is 40.0 Å². The van der Waals surface area contributed by atoms with Crippen molar-refractivity contribution < 1.29 is 14.4 Å². The Kier molecular flexibility index (Phi) is 2.99. The summed E-state index contributed by atoms with van der Waals surface area (Å²) in [6.45, 7) is 7.86. The molecule has 1 aromatic rings. The Morgan fingerprint density at radius 3 is 1.95 bits per heavy atom. The van der Waals surface area contributed by atoms with E-state index in [1.165, 1.54) is 0 Å². The van der Waals surface area contributed by atoms with Gasteiger partial charge in [0.05, 0.1) is 0 Å². The van der Waals surface area contributed by atoms with Gasteiger partial charge in [0.15, 0.2) is 11.6 Å². The molecule has 2 atom stereocenters. The van der Waals surface area contributed by atoms with Gasteiger partial charge >= 0.3 is 0 Å². The molecule has 2 unspecified atom stereocenters. The number of carbonyl (C=O) groups is 2. The number of rotatable bonds is 2. The average Bonchev–Trinajstić information content (AvgIpc) is 2.39. The maximum Gasteiger partial charge on any atom is 0.151 e. The number of carbonyl (C=O) groups excluding carboxylic acids is 2. The molecule has 4 rings (SSSR count). The van der Waals surface area contributed by atoms with Crippen molar-refractivity contribution in [1.29, 1.82) is 0 Å². The predicted molar refractivity (Wildman–Crippen MR) is 78.9 cm³/mol. The van der Waals surface area contributed by atoms with E-state index in [1.807, 2.05) is 27.7 Å². The number of ketones is 2. The molecule has 3 aliphatic rings. The summed E-state index contributed by atoms with van der Waals surface area (Å²) in [6.07, 6.45) is 0.725. The summed E-state index contributed by atoms with van der Waals surface area (Å²) < 4.78 is 0. The van der Waals surface area contributed by atoms with Crippen molar-refractivity contribution in [1.82, 2.24) is 0 Å². The number of nitrogens with two attached hydrogens (primary N) is 1. The highest BCUT2D eigenvalue weighted by atomic mass is 16.6. The topological polar surface area (TPSA) is 69.4 Å². The molecule has 2 bridgehead atoms. The third-order valence-corrected chi connectivity index (χ3v) is 5.52. The zero-order valence-electron chi connectivity index (χ0n) is 12.9. The molecule has 0 aromatic heterocycles. The van der Waals surface area contributed by atoms with Gasteiger partial charge in [0.25, 0.3) is 0 Å². The van der Waals surface area contributed by atoms with Crippen LogP contribution in [0.2, 0.25) is 0 Å². The van der Waals surface area contributed by atoms with Gasteiger partial charge in [0.2, 0.25) is 0 Å². The number of Topliss-reactive ketones (excluding diaryl/α,β-unsaturated/α-hetero) is 2. The second kappa shape index (κ2) is 4.41. The van der Waals surface area contributed by atoms with Gasteiger partial charge in [-0.05, 0) is 54.5 Å². The fourth-order valence-corrected chi connectivity index (χ4v) is 4.18. The van der Waals surface area contributed by atoms with Crippen LogP contribution in [0.1, 0.15) is 42.9 Å². The van der Waals surface area contributed by atoms with E-state index < -0.39 is 5.92 Å². The van der Waals surface area contributed by atoms with Crippen LogP contribution in [0.4, 0.5) is 0 Å². The first-order chi connectivity index (χ1) is 9.78. The molecule has 1 aromatic carbocycles. The van der Waals surface area contributed by atoms with Crippen LogP contribution in [0, 0.1) is 31.1 Å². The molecule has 4 heteroatoms. The van der Waals surface area contributed by atoms with Crippen molar-refractivity contribution >= 4 is 11.6 Å². The van der Waals surface area contributed by atoms with Gasteiger partial charge in [0.1, 0.15) is 11.7 Å². The summed E-state index contributed by atoms with van der Waals surface area (Å²) >= 11 is 0. The van der Waals surface area contributed by atoms with Crippen LogP contribution in [0.25, 0.3) is 0 Å². The molecule has 0 spiro atoms. The Hall–Kier alpha value is -1.68. The molecule has 3 aliphatic carbocycles. The molecule has 21 heavy (non-hydrogen) atoms. The van der Waals surface area contributed by atoms with Gasteiger partial charge in [0, 0.05) is 11.8 Å². The number of fused-ring (bicyclic) bond motifs is 2. The maximum atomic E-state index is 12.8. The van der Waals surface area contributed by atoms with Crippen molar-refractivity contribution in [2.75, 3.05) is 0 Å². The third kappa shape index (κ3) is 1.78. The molecule has 112 valence electrons. The van der Waals surface area contributed by atoms with E-state index >= 15 is 0 Å². The van der Waals surface area contributed by atoms with E-state index in [-0.39, 0.29) is 28.8 Å². The van der Waals surface area contributed by atoms with E-state index in [0.717, 1.165) is 23.1 Å². The highest BCUT2D eigenvalue weighted by molar-refractivity contribution is 6.15. The largest absolute Gasteiger partial charge is 0.412 e. The van der Waals surface area contributed by atoms with Crippen LogP contribution in [0.3, 0.4) is 0 Å². The van der Waals surface area contributed by atoms with Crippen LogP contribution in [0.5, 0.6) is 5.75 Å². The number of hydrogen-bond acceptors (Lipinski definition) is 4. The summed E-state index contributed by atoms with van der Waals surface area (Å²) in [4.78, 5) is 30.3. The second-order valence-corrected chi connectivity index (χ2v) is 6.99. The Morgan fingerprint density at radius 1 is 1.10 bits per heavy atom. The van der Waals surface area contributed by atoms with Gasteiger partial charge in [-0.15, -0.1) is 0 Å². The maximum absolute atomic E-state index is 12.8. The second-order valence-electron chi connectivity index (χ2n) is 6.99. The molecule has 0 aliphatic heterocycles. The minimum absolute atomic E-state index is 0.00874. The fourth-order valence-electron chi connectivity index (χ4n) is 4.18. The molecule has 0 heterocycles. The van der Waals surface area contributed by atoms with Crippen LogP contribution in [-0.4, -0.2) is 11.6 Å². The Morgan fingerprint density at radius 2 is 1.57 bits per heavy atom. The smallest absolute Gasteiger partial charge is 0.151 e. The van der Waals surface area contributed by atoms with E-state index in [1.54, 1.807) is 12.1 Å². The summed E-state index contributed by atoms with van der Waals surface area (Å²) in [6, 6.07) is 3.57. The van der Waals surface area contributed by atoms with E-state index in [0.29, 0.717) is 5.75 Å². The van der Waals surface area contributed by atoms with Crippen LogP contribution >= 0.6 is 0 Å². The highest BCUT2D eigenvalue weighted by Crippen LogP contribution is 2.59. The lowest BCUT2D eigenvalue weighted by molar-refractivity contribution is -0.163. The molecule has 3 saturated carbocycles. The zero-order chi connectivity index (χ0) is 15.5. The van der Waals surface area contributed by atoms with Crippen LogP contribution < -0.4 is 10.7 Å². The first-order valence-electron chi connectivity index (χ1n) is 7.34. The lowest BCUT2D eigenvalue weighted by atomic mass is 9.45. The predicted octanol–water partition coefficient (Wildman–Crippen LogP) is 2.45. The van der Waals surface area contributed by atoms with Crippen molar-refractivity contribution in [3.63, 3.8) is 0 Å². The molecular weight excluding hydrogens is 266 g/mol. The average molecular weight is 287 g/mol. The van der Waals surface area contributed by atoms with E-state index in [2.05, 4.69) is 0 Å². The van der Waals surface area contributed by atoms with Crippen molar-refractivity contribution in [3.8, 4) is 5.75 Å². The lowest BCUT2D eigenvalue weighted by Crippen LogP contribution is -2.60. The SMILES string of the molecule is Cc1cc(ON)cc(C)c1C1C(=O)C2CC(C1=O)C2(C)C. The minimum atomic E-state index is -0.603. The van der Waals surface area contributed by atoms with Crippen LogP contribution in [-0.2, 0) is 9.59 Å². The number of aryl methyl sites for hydroxylation is 2. The van der Waals surface area contributed by atoms with Gasteiger partial charge in [-0.2, -0.15) is 5.90 Å². The quantitative estimate of drug-likeness (QED) is 0.670. The summed E-state index contributed by atoms with van der Waals surface area (Å²) in [5.74, 6) is 5.33. The third-order valence-electron chi connectivity index (χ3n) is 5.52. The number of hydrogen-bond donors (Lipinski definition) is 1. The first-order valence-corrected chi connectivity index (χ1v) is 7.34. The number of benzene rings is 1. The standard InChI is InChI=1S/C17H21NO3/c1-8-5-10(21-18)6-9(2)13(8)14-15(19)11-7-12(16(14)20)17(11,3)4/h5-6,11-12,14H,7,18H2,1-4H3. The van der Waals surface area contributed by atoms with Crippen LogP contribution in [0.15, 0.2) is 12.1 Å². The zero-order valence-corrected chi connectivity index (χ0v) is 12.9. The van der Waals surface area contributed by atoms with E-state index in [4.69, 9.17) is 10.7 Å². The fraction of sp³-hybridized carbons (Fsp3) is 0.529. The van der Waals surface area contributed by atoms with Gasteiger partial charge in [-0.1, -0.05) is 13.8 Å². The van der Waals surface area contributed by atoms with Gasteiger partial charge < -0.3 is 4.84 Å². The molecule has 2 N–H and O–H groups in total. The molecule has 3 fully saturated rings. The summed E-state index contributed by atoms with van der Waals surface area (Å²) in [7, 11) is 0. The molecule has 0 amide bonds. The molecule has 4 nitrogen and oxygen atoms in total. The summed E-state index contributed by atoms with van der Waals surface area (Å²) in [5.41, 5.74) is 2.45. The first kappa shape index (κ1) is 14.3. The monoisotopic (exact) mass is 287 g/mol. The van der Waals surface area contributed by atoms with E-state index in [9.17, 15) is 9.59 Å². The Bertz CT molecular complexity index is 600. The molecule has 0 saturated heterocycles. The van der Waals surface area contributed by atoms with Crippen molar-refractivity contribution in [2.24, 2.45) is 23.1 Å². The lowest BCUT2D eigenvalue weighted by Gasteiger charge is -2.56. The Labute approximate surface area is 124 Å². The van der Waals surface area contributed by atoms with Crippen molar-refractivity contribution in [3.05, 3.63) is 28.8 Å². The van der Waals surface area contributed by atoms with Gasteiger partial charge in [-0.25, -0.2) is 0 Å². The highest BCUT2D eigenvalue weighted by Gasteiger charge is 2.62. The normalized spacial score (nSPS) is 30.0. The minimum Gasteiger partial charge on any atom is -0.412 e. The molecular formula is C17H21NO3. The Balaban J connectivity index is 2.07. The van der Waals surface area contributed by atoms with Gasteiger partial charge in [-0.3, -0.25) is 9.59 Å². The summed E-state index contributed by atoms with van der Waals surface area (Å²) in [5, 5.41) is 0.